The van der Waals surface area contributed by atoms with Crippen molar-refractivity contribution in [2.24, 2.45) is 5.73 Å². The minimum Gasteiger partial charge on any atom is -0.364 e. The van der Waals surface area contributed by atoms with Crippen molar-refractivity contribution >= 4 is 12.1 Å². The van der Waals surface area contributed by atoms with Gasteiger partial charge < -0.3 is 10.3 Å². The van der Waals surface area contributed by atoms with E-state index < -0.39 is 5.91 Å². The third kappa shape index (κ3) is 2.22. The number of aryl methyl sites for hydroxylation is 1. The van der Waals surface area contributed by atoms with Gasteiger partial charge in [0.15, 0.2) is 5.69 Å². The summed E-state index contributed by atoms with van der Waals surface area (Å²) in [5, 5.41) is 7.43. The average Bonchev–Trinajstić information content (AvgIpc) is 2.86. The van der Waals surface area contributed by atoms with E-state index in [-0.39, 0.29) is 5.69 Å². The fourth-order valence-electron chi connectivity index (χ4n) is 1.46. The number of amides is 1. The van der Waals surface area contributed by atoms with Crippen LogP contribution in [0.25, 0.3) is 6.20 Å². The lowest BCUT2D eigenvalue weighted by molar-refractivity contribution is 0.0995. The number of nitrogens with two attached hydrogens (primary N) is 1. The van der Waals surface area contributed by atoms with Gasteiger partial charge in [-0.1, -0.05) is 11.8 Å². The zero-order valence-corrected chi connectivity index (χ0v) is 9.37. The molecule has 0 saturated heterocycles. The maximum absolute atomic E-state index is 10.8. The quantitative estimate of drug-likeness (QED) is 0.805. The Morgan fingerprint density at radius 2 is 2.35 bits per heavy atom. The summed E-state index contributed by atoms with van der Waals surface area (Å²) in [4.78, 5) is 15.2. The molecule has 7 nitrogen and oxygen atoms in total. The van der Waals surface area contributed by atoms with Gasteiger partial charge in [-0.25, -0.2) is 9.67 Å². The third-order valence-corrected chi connectivity index (χ3v) is 2.28. The summed E-state index contributed by atoms with van der Waals surface area (Å²) in [5.41, 5.74) is 6.03. The van der Waals surface area contributed by atoms with E-state index in [0.29, 0.717) is 6.54 Å². The van der Waals surface area contributed by atoms with E-state index >= 15 is 0 Å². The van der Waals surface area contributed by atoms with Crippen LogP contribution in [0.4, 0.5) is 0 Å². The summed E-state index contributed by atoms with van der Waals surface area (Å²) in [6, 6.07) is 0. The van der Waals surface area contributed by atoms with Gasteiger partial charge in [-0.2, -0.15) is 0 Å². The van der Waals surface area contributed by atoms with Crippen molar-refractivity contribution in [3.8, 4) is 0 Å². The minimum absolute atomic E-state index is 0.143. The summed E-state index contributed by atoms with van der Waals surface area (Å²) in [6.07, 6.45) is 5.00. The molecule has 0 bridgehead atoms. The summed E-state index contributed by atoms with van der Waals surface area (Å²) >= 11 is 0. The van der Waals surface area contributed by atoms with Gasteiger partial charge in [0.2, 0.25) is 0 Å². The number of carbonyl (C=O) groups is 1. The van der Waals surface area contributed by atoms with Crippen LogP contribution in [0.2, 0.25) is 0 Å². The van der Waals surface area contributed by atoms with Gasteiger partial charge in [-0.05, 0) is 6.92 Å². The Kier molecular flexibility index (Phi) is 2.73. The molecule has 0 aliphatic heterocycles. The lowest BCUT2D eigenvalue weighted by Crippen LogP contribution is -2.11. The molecule has 0 atom stereocenters. The van der Waals surface area contributed by atoms with Gasteiger partial charge >= 0.3 is 0 Å². The van der Waals surface area contributed by atoms with Gasteiger partial charge in [0.25, 0.3) is 5.91 Å². The van der Waals surface area contributed by atoms with Crippen molar-refractivity contribution < 1.29 is 4.79 Å². The van der Waals surface area contributed by atoms with Crippen molar-refractivity contribution in [2.75, 3.05) is 0 Å². The van der Waals surface area contributed by atoms with Crippen LogP contribution in [0.5, 0.6) is 0 Å². The summed E-state index contributed by atoms with van der Waals surface area (Å²) in [5.74, 6) is 0.245. The number of nitrogens with zero attached hydrogens (tertiary/aromatic N) is 5. The normalized spacial score (nSPS) is 10.4. The summed E-state index contributed by atoms with van der Waals surface area (Å²) in [7, 11) is 0. The Balaban J connectivity index is 2.19. The van der Waals surface area contributed by atoms with E-state index in [0.717, 1.165) is 11.5 Å². The Hall–Kier alpha value is -2.44. The monoisotopic (exact) mass is 232 g/mol. The fraction of sp³-hybridized carbons (Fsp3) is 0.200. The van der Waals surface area contributed by atoms with Crippen LogP contribution >= 0.6 is 0 Å². The number of hydrogen-bond donors (Lipinski definition) is 1. The highest BCUT2D eigenvalue weighted by molar-refractivity contribution is 5.90. The van der Waals surface area contributed by atoms with Gasteiger partial charge in [0.05, 0.1) is 18.4 Å². The molecule has 17 heavy (non-hydrogen) atoms. The van der Waals surface area contributed by atoms with Gasteiger partial charge in [-0.15, -0.1) is 5.10 Å². The molecule has 0 aliphatic carbocycles. The molecule has 2 aromatic rings. The van der Waals surface area contributed by atoms with Crippen molar-refractivity contribution in [1.82, 2.24) is 24.5 Å². The zero-order chi connectivity index (χ0) is 12.4. The van der Waals surface area contributed by atoms with Gasteiger partial charge in [-0.3, -0.25) is 4.79 Å². The molecule has 2 N–H and O–H groups in total. The molecule has 0 radical (unpaired) electrons. The number of primary amides is 1. The molecule has 0 aromatic carbocycles. The van der Waals surface area contributed by atoms with Crippen molar-refractivity contribution in [2.45, 2.75) is 13.5 Å². The number of carbonyl (C=O) groups excluding carboxylic acids is 1. The second kappa shape index (κ2) is 4.20. The maximum Gasteiger partial charge on any atom is 0.270 e. The van der Waals surface area contributed by atoms with Crippen molar-refractivity contribution in [3.05, 3.63) is 36.2 Å². The van der Waals surface area contributed by atoms with Crippen molar-refractivity contribution in [1.29, 1.82) is 0 Å². The van der Waals surface area contributed by atoms with Crippen LogP contribution in [0, 0.1) is 6.92 Å². The van der Waals surface area contributed by atoms with Crippen LogP contribution in [0.15, 0.2) is 19.0 Å². The van der Waals surface area contributed by atoms with Crippen LogP contribution in [0.1, 0.15) is 22.0 Å². The molecule has 2 heterocycles. The van der Waals surface area contributed by atoms with Gasteiger partial charge in [0.1, 0.15) is 5.82 Å². The summed E-state index contributed by atoms with van der Waals surface area (Å²) < 4.78 is 3.32. The minimum atomic E-state index is -0.593. The lowest BCUT2D eigenvalue weighted by Gasteiger charge is -1.94. The first kappa shape index (κ1) is 11.1. The molecular formula is C10H12N6O. The number of rotatable bonds is 4. The number of aromatic nitrogens is 5. The Morgan fingerprint density at radius 1 is 1.59 bits per heavy atom. The standard InChI is InChI=1S/C10H12N6O/c1-3-15-4-8(12-7(15)2)5-16-6-9(10(11)17)13-14-16/h3-4,6H,1,5H2,2H3,(H2,11,17). The summed E-state index contributed by atoms with van der Waals surface area (Å²) in [6.45, 7) is 5.98. The Morgan fingerprint density at radius 3 is 2.88 bits per heavy atom. The van der Waals surface area contributed by atoms with Crippen LogP contribution < -0.4 is 5.73 Å². The zero-order valence-electron chi connectivity index (χ0n) is 9.37. The fourth-order valence-corrected chi connectivity index (χ4v) is 1.46. The molecule has 0 aliphatic rings. The number of hydrogen-bond acceptors (Lipinski definition) is 4. The molecule has 0 unspecified atom stereocenters. The van der Waals surface area contributed by atoms with E-state index in [1.807, 2.05) is 13.1 Å². The molecule has 0 saturated carbocycles. The van der Waals surface area contributed by atoms with Crippen molar-refractivity contribution in [3.63, 3.8) is 0 Å². The molecule has 0 spiro atoms. The van der Waals surface area contributed by atoms with E-state index in [1.54, 1.807) is 10.8 Å². The topological polar surface area (TPSA) is 91.6 Å². The first-order valence-electron chi connectivity index (χ1n) is 4.97. The molecule has 1 amide bonds. The van der Waals surface area contributed by atoms with Crippen LogP contribution in [-0.4, -0.2) is 30.5 Å². The van der Waals surface area contributed by atoms with Crippen LogP contribution in [-0.2, 0) is 6.54 Å². The Bertz CT molecular complexity index is 567. The predicted molar refractivity (Wildman–Crippen MR) is 61.0 cm³/mol. The Labute approximate surface area is 97.6 Å². The smallest absolute Gasteiger partial charge is 0.270 e. The molecule has 88 valence electrons. The first-order chi connectivity index (χ1) is 8.10. The molecule has 7 heteroatoms. The molecule has 2 rings (SSSR count). The van der Waals surface area contributed by atoms with E-state index in [4.69, 9.17) is 5.73 Å². The van der Waals surface area contributed by atoms with E-state index in [2.05, 4.69) is 21.9 Å². The second-order valence-corrected chi connectivity index (χ2v) is 3.53. The molecule has 2 aromatic heterocycles. The molecular weight excluding hydrogens is 220 g/mol. The second-order valence-electron chi connectivity index (χ2n) is 3.53. The highest BCUT2D eigenvalue weighted by atomic mass is 16.1. The van der Waals surface area contributed by atoms with E-state index in [9.17, 15) is 4.79 Å². The average molecular weight is 232 g/mol. The predicted octanol–water partition coefficient (Wildman–Crippen LogP) is 0.0307. The highest BCUT2D eigenvalue weighted by Gasteiger charge is 2.08. The highest BCUT2D eigenvalue weighted by Crippen LogP contribution is 2.04. The number of imidazole rings is 1. The largest absolute Gasteiger partial charge is 0.364 e. The SMILES string of the molecule is C=Cn1cc(Cn2cc(C(N)=O)nn2)nc1C. The van der Waals surface area contributed by atoms with Crippen LogP contribution in [0.3, 0.4) is 0 Å². The third-order valence-electron chi connectivity index (χ3n) is 2.28. The maximum atomic E-state index is 10.8. The van der Waals surface area contributed by atoms with Gasteiger partial charge in [0, 0.05) is 12.4 Å². The lowest BCUT2D eigenvalue weighted by atomic mass is 10.4. The van der Waals surface area contributed by atoms with E-state index in [1.165, 1.54) is 10.9 Å². The molecule has 0 fully saturated rings. The first-order valence-corrected chi connectivity index (χ1v) is 4.97.